The molecule has 0 amide bonds. The first-order chi connectivity index (χ1) is 14.5. The first kappa shape index (κ1) is 21.0. The largest absolute Gasteiger partial charge is 0.490 e. The van der Waals surface area contributed by atoms with Crippen molar-refractivity contribution in [1.82, 2.24) is 9.78 Å². The van der Waals surface area contributed by atoms with Gasteiger partial charge < -0.3 is 9.47 Å². The zero-order valence-electron chi connectivity index (χ0n) is 15.9. The standard InChI is InChI=1S/C19H17N5O5S/c1-28-9-10-29-16-8-7-13(11-17(16)30(26)27)21-22-18-15(12-20)23-24(19(18)25)14-5-3-2-4-6-14/h2-8,23H,9-11H2,1H3. The molecule has 0 bridgehead atoms. The maximum atomic E-state index is 12.7. The van der Waals surface area contributed by atoms with Gasteiger partial charge in [0.2, 0.25) is 10.3 Å². The number of H-pyrrole nitrogens is 1. The Morgan fingerprint density at radius 1 is 1.20 bits per heavy atom. The van der Waals surface area contributed by atoms with Crippen LogP contribution in [0.2, 0.25) is 0 Å². The molecular weight excluding hydrogens is 410 g/mol. The quantitative estimate of drug-likeness (QED) is 0.407. The predicted molar refractivity (Wildman–Crippen MR) is 108 cm³/mol. The fraction of sp³-hybridized carbons (Fsp3) is 0.211. The van der Waals surface area contributed by atoms with Crippen molar-refractivity contribution in [2.75, 3.05) is 20.3 Å². The molecule has 1 N–H and O–H groups in total. The third kappa shape index (κ3) is 4.62. The molecule has 10 nitrogen and oxygen atoms in total. The highest BCUT2D eigenvalue weighted by Crippen LogP contribution is 2.21. The molecule has 0 saturated carbocycles. The van der Waals surface area contributed by atoms with E-state index in [1.807, 2.05) is 6.07 Å². The average molecular weight is 427 g/mol. The lowest BCUT2D eigenvalue weighted by atomic mass is 10.1. The van der Waals surface area contributed by atoms with Gasteiger partial charge in [-0.05, 0) is 24.3 Å². The number of hydrogen-bond acceptors (Lipinski definition) is 8. The van der Waals surface area contributed by atoms with Gasteiger partial charge in [-0.1, -0.05) is 18.2 Å². The van der Waals surface area contributed by atoms with E-state index in [2.05, 4.69) is 15.3 Å². The minimum absolute atomic E-state index is 0.0128. The minimum Gasteiger partial charge on any atom is -0.490 e. The molecule has 3 rings (SSSR count). The predicted octanol–water partition coefficient (Wildman–Crippen LogP) is 2.01. The zero-order chi connectivity index (χ0) is 21.5. The molecule has 0 unspecified atom stereocenters. The second kappa shape index (κ2) is 9.64. The number of nitrogens with zero attached hydrogens (tertiary/aromatic N) is 4. The normalized spacial score (nSPS) is 13.7. The summed E-state index contributed by atoms with van der Waals surface area (Å²) in [6.45, 7) is 0.506. The Labute approximate surface area is 172 Å². The molecule has 30 heavy (non-hydrogen) atoms. The Morgan fingerprint density at radius 3 is 2.63 bits per heavy atom. The van der Waals surface area contributed by atoms with Crippen LogP contribution >= 0.6 is 0 Å². The van der Waals surface area contributed by atoms with E-state index in [0.29, 0.717) is 18.0 Å². The molecule has 1 aromatic heterocycles. The zero-order valence-corrected chi connectivity index (χ0v) is 16.7. The topological polar surface area (TPSA) is 139 Å². The van der Waals surface area contributed by atoms with Crippen LogP contribution in [-0.4, -0.2) is 43.4 Å². The van der Waals surface area contributed by atoms with Crippen molar-refractivity contribution >= 4 is 20.8 Å². The van der Waals surface area contributed by atoms with Crippen LogP contribution in [-0.2, 0) is 19.8 Å². The van der Waals surface area contributed by atoms with Gasteiger partial charge in [0.15, 0.2) is 11.4 Å². The van der Waals surface area contributed by atoms with E-state index in [1.54, 1.807) is 30.3 Å². The first-order valence-electron chi connectivity index (χ1n) is 8.75. The third-order valence-electron chi connectivity index (χ3n) is 4.06. The number of rotatable bonds is 7. The molecule has 1 aromatic carbocycles. The summed E-state index contributed by atoms with van der Waals surface area (Å²) in [7, 11) is -1.01. The second-order valence-electron chi connectivity index (χ2n) is 5.99. The molecule has 2 aromatic rings. The van der Waals surface area contributed by atoms with Gasteiger partial charge in [0.25, 0.3) is 5.56 Å². The average Bonchev–Trinajstić information content (AvgIpc) is 3.09. The van der Waals surface area contributed by atoms with Crippen LogP contribution in [0.25, 0.3) is 5.69 Å². The van der Waals surface area contributed by atoms with Gasteiger partial charge in [-0.25, -0.2) is 4.68 Å². The molecule has 0 spiro atoms. The van der Waals surface area contributed by atoms with Crippen LogP contribution in [0.1, 0.15) is 12.1 Å². The Kier molecular flexibility index (Phi) is 6.74. The maximum absolute atomic E-state index is 12.7. The van der Waals surface area contributed by atoms with Gasteiger partial charge in [0, 0.05) is 13.5 Å². The van der Waals surface area contributed by atoms with Crippen molar-refractivity contribution < 1.29 is 17.9 Å². The number of allylic oxidation sites excluding steroid dienone is 4. The van der Waals surface area contributed by atoms with Crippen molar-refractivity contribution in [1.29, 1.82) is 5.26 Å². The maximum Gasteiger partial charge on any atom is 0.300 e. The van der Waals surface area contributed by atoms with Crippen molar-refractivity contribution in [3.05, 3.63) is 70.0 Å². The number of azo groups is 1. The first-order valence-corrected chi connectivity index (χ1v) is 9.83. The van der Waals surface area contributed by atoms with Crippen molar-refractivity contribution in [3.8, 4) is 11.8 Å². The molecule has 0 fully saturated rings. The molecule has 1 heterocycles. The number of nitriles is 1. The smallest absolute Gasteiger partial charge is 0.300 e. The van der Waals surface area contributed by atoms with Gasteiger partial charge in [0.1, 0.15) is 23.3 Å². The van der Waals surface area contributed by atoms with Gasteiger partial charge in [-0.3, -0.25) is 9.89 Å². The highest BCUT2D eigenvalue weighted by molar-refractivity contribution is 7.73. The van der Waals surface area contributed by atoms with E-state index in [-0.39, 0.29) is 35.0 Å². The number of hydrogen-bond donors (Lipinski definition) is 1. The fourth-order valence-electron chi connectivity index (χ4n) is 2.62. The van der Waals surface area contributed by atoms with Crippen LogP contribution in [0.15, 0.2) is 69.0 Å². The highest BCUT2D eigenvalue weighted by Gasteiger charge is 2.19. The van der Waals surface area contributed by atoms with E-state index in [0.717, 1.165) is 0 Å². The summed E-state index contributed by atoms with van der Waals surface area (Å²) in [6, 6.07) is 10.6. The van der Waals surface area contributed by atoms with E-state index in [1.165, 1.54) is 23.9 Å². The van der Waals surface area contributed by atoms with Crippen LogP contribution in [0.3, 0.4) is 0 Å². The van der Waals surface area contributed by atoms with Crippen LogP contribution in [0, 0.1) is 11.3 Å². The Balaban J connectivity index is 1.91. The third-order valence-corrected chi connectivity index (χ3v) is 4.81. The number of benzene rings is 1. The van der Waals surface area contributed by atoms with Crippen molar-refractivity contribution in [2.24, 2.45) is 10.2 Å². The number of para-hydroxylation sites is 1. The molecular formula is C19H17N5O5S. The molecule has 0 saturated heterocycles. The van der Waals surface area contributed by atoms with Crippen LogP contribution < -0.4 is 5.56 Å². The number of aromatic nitrogens is 2. The van der Waals surface area contributed by atoms with E-state index >= 15 is 0 Å². The summed E-state index contributed by atoms with van der Waals surface area (Å²) in [5, 5.41) is 19.9. The van der Waals surface area contributed by atoms with Gasteiger partial charge in [-0.2, -0.15) is 18.8 Å². The summed E-state index contributed by atoms with van der Waals surface area (Å²) in [5.74, 6) is 0.199. The molecule has 11 heteroatoms. The van der Waals surface area contributed by atoms with E-state index in [4.69, 9.17) is 9.47 Å². The number of ether oxygens (including phenoxy) is 2. The Hall–Kier alpha value is -3.75. The number of methoxy groups -OCH3 is 1. The Bertz CT molecular complexity index is 1250. The monoisotopic (exact) mass is 427 g/mol. The minimum atomic E-state index is -2.52. The molecule has 1 aliphatic carbocycles. The lowest BCUT2D eigenvalue weighted by molar-refractivity contribution is 0.117. The molecule has 0 radical (unpaired) electrons. The summed E-state index contributed by atoms with van der Waals surface area (Å²) >= 11 is 0. The summed E-state index contributed by atoms with van der Waals surface area (Å²) < 4.78 is 34.6. The van der Waals surface area contributed by atoms with E-state index in [9.17, 15) is 18.5 Å². The van der Waals surface area contributed by atoms with Crippen LogP contribution in [0.4, 0.5) is 5.69 Å². The number of nitrogens with one attached hydrogen (secondary N) is 1. The fourth-order valence-corrected chi connectivity index (χ4v) is 3.18. The van der Waals surface area contributed by atoms with Gasteiger partial charge in [-0.15, -0.1) is 5.11 Å². The highest BCUT2D eigenvalue weighted by atomic mass is 32.2. The molecule has 0 aliphatic heterocycles. The van der Waals surface area contributed by atoms with Gasteiger partial charge in [0.05, 0.1) is 18.0 Å². The van der Waals surface area contributed by atoms with Crippen LogP contribution in [0.5, 0.6) is 0 Å². The second-order valence-corrected chi connectivity index (χ2v) is 6.95. The molecule has 1 aliphatic rings. The van der Waals surface area contributed by atoms with E-state index < -0.39 is 15.9 Å². The molecule has 0 atom stereocenters. The summed E-state index contributed by atoms with van der Waals surface area (Å²) in [5.41, 5.74) is 0.0612. The lowest BCUT2D eigenvalue weighted by Crippen LogP contribution is -2.14. The van der Waals surface area contributed by atoms with Crippen molar-refractivity contribution in [3.63, 3.8) is 0 Å². The lowest BCUT2D eigenvalue weighted by Gasteiger charge is -2.13. The molecule has 154 valence electrons. The SMILES string of the molecule is COCCOC1=CC=C(N=Nc2c(C#N)[nH]n(-c3ccccc3)c2=O)CC1=S(=O)=O. The number of aromatic amines is 1. The van der Waals surface area contributed by atoms with Gasteiger partial charge >= 0.3 is 0 Å². The van der Waals surface area contributed by atoms with Crippen molar-refractivity contribution in [2.45, 2.75) is 6.42 Å². The summed E-state index contributed by atoms with van der Waals surface area (Å²) in [6.07, 6.45) is 2.94. The summed E-state index contributed by atoms with van der Waals surface area (Å²) in [4.78, 5) is 12.7. The Morgan fingerprint density at radius 2 is 1.97 bits per heavy atom.